The van der Waals surface area contributed by atoms with Crippen LogP contribution in [0.5, 0.6) is 0 Å². The van der Waals surface area contributed by atoms with Gasteiger partial charge in [-0.25, -0.2) is 9.18 Å². The van der Waals surface area contributed by atoms with Crippen molar-refractivity contribution in [2.24, 2.45) is 17.6 Å². The molecule has 2 fully saturated rings. The number of benzene rings is 2. The molecule has 0 aromatic heterocycles. The standard InChI is InChI=1S/C30H40FN3O4/c1-2-20-7-3-8-21(17-20)27-25(10-4-11-26(27)31)30(38,14-6-15-33-29(36)37)23-9-5-16-34(19-23)28(35)22-12-13-24(32)18-22/h3-4,7-8,10-11,17,22-24,33,38H,2,5-6,9,12-16,18-19,32H2,1H3,(H,36,37)/t22-,23?,24+,30?/m1/s1. The van der Waals surface area contributed by atoms with E-state index in [1.54, 1.807) is 12.1 Å². The summed E-state index contributed by atoms with van der Waals surface area (Å²) in [4.78, 5) is 26.2. The number of amides is 2. The molecular weight excluding hydrogens is 485 g/mol. The molecule has 1 aliphatic carbocycles. The molecule has 206 valence electrons. The second-order valence-electron chi connectivity index (χ2n) is 10.9. The fourth-order valence-electron chi connectivity index (χ4n) is 6.30. The van der Waals surface area contributed by atoms with Crippen molar-refractivity contribution < 1.29 is 24.2 Å². The maximum absolute atomic E-state index is 15.5. The number of aryl methyl sites for hydroxylation is 1. The minimum atomic E-state index is -1.45. The highest BCUT2D eigenvalue weighted by atomic mass is 19.1. The van der Waals surface area contributed by atoms with Gasteiger partial charge >= 0.3 is 6.09 Å². The van der Waals surface area contributed by atoms with Crippen LogP contribution in [0.1, 0.15) is 63.0 Å². The van der Waals surface area contributed by atoms with Crippen LogP contribution in [0.2, 0.25) is 0 Å². The second kappa shape index (κ2) is 12.3. The lowest BCUT2D eigenvalue weighted by Crippen LogP contribution is -2.49. The molecule has 1 aliphatic heterocycles. The van der Waals surface area contributed by atoms with E-state index in [1.165, 1.54) is 6.07 Å². The van der Waals surface area contributed by atoms with E-state index >= 15 is 4.39 Å². The van der Waals surface area contributed by atoms with E-state index < -0.39 is 17.5 Å². The van der Waals surface area contributed by atoms with E-state index in [4.69, 9.17) is 10.8 Å². The molecule has 2 aromatic rings. The Morgan fingerprint density at radius 1 is 1.18 bits per heavy atom. The number of likely N-dealkylation sites (tertiary alicyclic amines) is 1. The SMILES string of the molecule is CCc1cccc(-c2c(F)cccc2C(O)(CCCNC(=O)O)C2CCCN(C(=O)[C@@H]3CC[C@H](N)C3)C2)c1. The maximum Gasteiger partial charge on any atom is 0.404 e. The van der Waals surface area contributed by atoms with Gasteiger partial charge in [-0.15, -0.1) is 0 Å². The third-order valence-electron chi connectivity index (χ3n) is 8.35. The number of carbonyl (C=O) groups is 2. The van der Waals surface area contributed by atoms with Gasteiger partial charge in [0, 0.05) is 43.1 Å². The number of nitrogens with zero attached hydrogens (tertiary/aromatic N) is 1. The van der Waals surface area contributed by atoms with Crippen LogP contribution in [0.15, 0.2) is 42.5 Å². The first kappa shape index (κ1) is 28.0. The number of aliphatic hydroxyl groups is 1. The Morgan fingerprint density at radius 2 is 1.97 bits per heavy atom. The van der Waals surface area contributed by atoms with Crippen molar-refractivity contribution in [2.75, 3.05) is 19.6 Å². The molecule has 0 bridgehead atoms. The Labute approximate surface area is 224 Å². The van der Waals surface area contributed by atoms with Crippen LogP contribution in [0.3, 0.4) is 0 Å². The summed E-state index contributed by atoms with van der Waals surface area (Å²) in [5, 5.41) is 23.9. The van der Waals surface area contributed by atoms with Crippen molar-refractivity contribution in [3.63, 3.8) is 0 Å². The minimum absolute atomic E-state index is 0.0527. The first-order chi connectivity index (χ1) is 18.2. The lowest BCUT2D eigenvalue weighted by Gasteiger charge is -2.44. The van der Waals surface area contributed by atoms with Gasteiger partial charge in [0.05, 0.1) is 5.60 Å². The number of carboxylic acid groups (broad SMARTS) is 1. The van der Waals surface area contributed by atoms with Crippen LogP contribution in [0.4, 0.5) is 9.18 Å². The predicted molar refractivity (Wildman–Crippen MR) is 145 cm³/mol. The number of nitrogens with one attached hydrogen (secondary N) is 1. The van der Waals surface area contributed by atoms with Crippen molar-refractivity contribution in [1.82, 2.24) is 10.2 Å². The van der Waals surface area contributed by atoms with Crippen molar-refractivity contribution >= 4 is 12.0 Å². The zero-order valence-electron chi connectivity index (χ0n) is 22.2. The van der Waals surface area contributed by atoms with E-state index in [-0.39, 0.29) is 36.8 Å². The van der Waals surface area contributed by atoms with E-state index in [0.717, 1.165) is 31.2 Å². The molecule has 2 aliphatic rings. The van der Waals surface area contributed by atoms with Crippen LogP contribution in [-0.2, 0) is 16.8 Å². The molecule has 2 unspecified atom stereocenters. The Morgan fingerprint density at radius 3 is 2.68 bits per heavy atom. The fraction of sp³-hybridized carbons (Fsp3) is 0.533. The molecule has 0 spiro atoms. The zero-order chi connectivity index (χ0) is 27.3. The van der Waals surface area contributed by atoms with Crippen molar-refractivity contribution in [3.05, 3.63) is 59.4 Å². The normalized spacial score (nSPS) is 23.2. The molecule has 4 atom stereocenters. The quantitative estimate of drug-likeness (QED) is 0.356. The molecule has 7 nitrogen and oxygen atoms in total. The van der Waals surface area contributed by atoms with Crippen LogP contribution in [-0.4, -0.2) is 52.8 Å². The van der Waals surface area contributed by atoms with Crippen LogP contribution < -0.4 is 11.1 Å². The number of hydrogen-bond acceptors (Lipinski definition) is 4. The molecule has 5 N–H and O–H groups in total. The highest BCUT2D eigenvalue weighted by Gasteiger charge is 2.44. The molecular formula is C30H40FN3O4. The van der Waals surface area contributed by atoms with Crippen molar-refractivity contribution in [2.45, 2.75) is 69.9 Å². The van der Waals surface area contributed by atoms with E-state index in [0.29, 0.717) is 49.0 Å². The summed E-state index contributed by atoms with van der Waals surface area (Å²) in [5.74, 6) is -0.734. The lowest BCUT2D eigenvalue weighted by atomic mass is 9.72. The minimum Gasteiger partial charge on any atom is -0.465 e. The number of nitrogens with two attached hydrogens (primary N) is 1. The molecule has 38 heavy (non-hydrogen) atoms. The van der Waals surface area contributed by atoms with Crippen molar-refractivity contribution in [1.29, 1.82) is 0 Å². The maximum atomic E-state index is 15.5. The van der Waals surface area contributed by atoms with Gasteiger partial charge < -0.3 is 26.2 Å². The molecule has 4 rings (SSSR count). The summed E-state index contributed by atoms with van der Waals surface area (Å²) >= 11 is 0. The van der Waals surface area contributed by atoms with Gasteiger partial charge in [-0.2, -0.15) is 0 Å². The topological polar surface area (TPSA) is 116 Å². The first-order valence-electron chi connectivity index (χ1n) is 13.8. The highest BCUT2D eigenvalue weighted by molar-refractivity contribution is 5.79. The molecule has 8 heteroatoms. The first-order valence-corrected chi connectivity index (χ1v) is 13.8. The number of carbonyl (C=O) groups excluding carboxylic acids is 1. The van der Waals surface area contributed by atoms with Gasteiger partial charge in [0.2, 0.25) is 5.91 Å². The van der Waals surface area contributed by atoms with E-state index in [1.807, 2.05) is 36.1 Å². The molecule has 1 saturated carbocycles. The monoisotopic (exact) mass is 525 g/mol. The molecule has 0 radical (unpaired) electrons. The van der Waals surface area contributed by atoms with Crippen LogP contribution in [0.25, 0.3) is 11.1 Å². The summed E-state index contributed by atoms with van der Waals surface area (Å²) in [7, 11) is 0. The summed E-state index contributed by atoms with van der Waals surface area (Å²) in [6.07, 6.45) is 4.02. The lowest BCUT2D eigenvalue weighted by molar-refractivity contribution is -0.140. The molecule has 1 heterocycles. The fourth-order valence-corrected chi connectivity index (χ4v) is 6.30. The number of hydrogen-bond donors (Lipinski definition) is 4. The Bertz CT molecular complexity index is 1140. The third-order valence-corrected chi connectivity index (χ3v) is 8.35. The Hall–Kier alpha value is -2.97. The van der Waals surface area contributed by atoms with Gasteiger partial charge in [-0.05, 0) is 74.1 Å². The third kappa shape index (κ3) is 6.18. The zero-order valence-corrected chi connectivity index (χ0v) is 22.2. The number of rotatable bonds is 9. The highest BCUT2D eigenvalue weighted by Crippen LogP contribution is 2.44. The van der Waals surface area contributed by atoms with Crippen LogP contribution in [0, 0.1) is 17.7 Å². The second-order valence-corrected chi connectivity index (χ2v) is 10.9. The van der Waals surface area contributed by atoms with Gasteiger partial charge in [0.15, 0.2) is 0 Å². The summed E-state index contributed by atoms with van der Waals surface area (Å²) < 4.78 is 15.5. The van der Waals surface area contributed by atoms with E-state index in [9.17, 15) is 14.7 Å². The number of halogens is 1. The number of piperidine rings is 1. The largest absolute Gasteiger partial charge is 0.465 e. The molecule has 2 amide bonds. The van der Waals surface area contributed by atoms with Gasteiger partial charge in [-0.3, -0.25) is 4.79 Å². The summed E-state index contributed by atoms with van der Waals surface area (Å²) in [6.45, 7) is 3.21. The summed E-state index contributed by atoms with van der Waals surface area (Å²) in [5.41, 5.74) is 7.23. The van der Waals surface area contributed by atoms with E-state index in [2.05, 4.69) is 5.32 Å². The summed E-state index contributed by atoms with van der Waals surface area (Å²) in [6, 6.07) is 12.5. The average molecular weight is 526 g/mol. The van der Waals surface area contributed by atoms with Crippen molar-refractivity contribution in [3.8, 4) is 11.1 Å². The Balaban J connectivity index is 1.70. The van der Waals surface area contributed by atoms with Crippen LogP contribution >= 0.6 is 0 Å². The smallest absolute Gasteiger partial charge is 0.404 e. The molecule has 1 saturated heterocycles. The average Bonchev–Trinajstić information content (AvgIpc) is 3.36. The Kier molecular flexibility index (Phi) is 9.05. The molecule has 2 aromatic carbocycles. The van der Waals surface area contributed by atoms with Gasteiger partial charge in [0.25, 0.3) is 0 Å². The van der Waals surface area contributed by atoms with Gasteiger partial charge in [0.1, 0.15) is 5.82 Å². The van der Waals surface area contributed by atoms with Gasteiger partial charge in [-0.1, -0.05) is 43.3 Å². The predicted octanol–water partition coefficient (Wildman–Crippen LogP) is 4.66.